The molecule has 86 valence electrons. The third-order valence-corrected chi connectivity index (χ3v) is 1.61. The number of nitrogens with zero attached hydrogens (tertiary/aromatic N) is 1. The van der Waals surface area contributed by atoms with E-state index in [9.17, 15) is 9.59 Å². The summed E-state index contributed by atoms with van der Waals surface area (Å²) >= 11 is 1.70. The standard InChI is InChI=1S/C7H12IN3O4/c1-9-11-15-7(13)5-3-2-4-6(12)14-10-8/h10-11H,1-5H2. The fourth-order valence-corrected chi connectivity index (χ4v) is 1.01. The van der Waals surface area contributed by atoms with Crippen LogP contribution in [0, 0.1) is 0 Å². The Kier molecular flexibility index (Phi) is 9.07. The molecule has 0 saturated heterocycles. The lowest BCUT2D eigenvalue weighted by molar-refractivity contribution is -0.151. The summed E-state index contributed by atoms with van der Waals surface area (Å²) in [7, 11) is 0. The molecule has 0 aliphatic carbocycles. The van der Waals surface area contributed by atoms with Gasteiger partial charge in [-0.1, -0.05) is 3.69 Å². The Morgan fingerprint density at radius 2 is 1.73 bits per heavy atom. The second-order valence-electron chi connectivity index (χ2n) is 2.48. The summed E-state index contributed by atoms with van der Waals surface area (Å²) in [5, 5.41) is 3.13. The number of hydrazone groups is 1. The summed E-state index contributed by atoms with van der Waals surface area (Å²) < 4.78 is 2.24. The van der Waals surface area contributed by atoms with E-state index >= 15 is 0 Å². The zero-order chi connectivity index (χ0) is 11.5. The maximum atomic E-state index is 10.9. The van der Waals surface area contributed by atoms with Crippen molar-refractivity contribution < 1.29 is 19.3 Å². The number of unbranched alkanes of at least 4 members (excludes halogenated alkanes) is 1. The van der Waals surface area contributed by atoms with Gasteiger partial charge in [-0.05, 0) is 12.8 Å². The van der Waals surface area contributed by atoms with Crippen LogP contribution in [0.2, 0.25) is 0 Å². The maximum Gasteiger partial charge on any atom is 0.334 e. The number of rotatable bonds is 8. The number of carbonyl (C=O) groups is 2. The molecule has 0 rings (SSSR count). The molecule has 0 amide bonds. The summed E-state index contributed by atoms with van der Waals surface area (Å²) in [5.41, 5.74) is 1.98. The van der Waals surface area contributed by atoms with E-state index in [0.29, 0.717) is 12.8 Å². The lowest BCUT2D eigenvalue weighted by Crippen LogP contribution is -2.14. The molecule has 2 N–H and O–H groups in total. The van der Waals surface area contributed by atoms with Gasteiger partial charge in [-0.25, -0.2) is 4.79 Å². The second-order valence-corrected chi connectivity index (χ2v) is 2.92. The normalized spacial score (nSPS) is 9.13. The van der Waals surface area contributed by atoms with Gasteiger partial charge in [0.25, 0.3) is 0 Å². The van der Waals surface area contributed by atoms with Crippen molar-refractivity contribution in [3.8, 4) is 0 Å². The molecule has 0 atom stereocenters. The van der Waals surface area contributed by atoms with Crippen LogP contribution in [-0.4, -0.2) is 18.7 Å². The molecule has 0 bridgehead atoms. The van der Waals surface area contributed by atoms with Crippen molar-refractivity contribution >= 4 is 41.5 Å². The molecule has 0 heterocycles. The van der Waals surface area contributed by atoms with Gasteiger partial charge < -0.3 is 9.68 Å². The van der Waals surface area contributed by atoms with Crippen LogP contribution in [0.3, 0.4) is 0 Å². The minimum atomic E-state index is -0.442. The van der Waals surface area contributed by atoms with Crippen LogP contribution in [0.25, 0.3) is 0 Å². The van der Waals surface area contributed by atoms with Crippen LogP contribution in [0.4, 0.5) is 0 Å². The van der Waals surface area contributed by atoms with Crippen LogP contribution in [0.15, 0.2) is 5.10 Å². The number of hydrogen-bond acceptors (Lipinski definition) is 7. The predicted molar refractivity (Wildman–Crippen MR) is 60.5 cm³/mol. The lowest BCUT2D eigenvalue weighted by Gasteiger charge is -2.01. The third-order valence-electron chi connectivity index (χ3n) is 1.39. The Hall–Kier alpha value is -0.900. The van der Waals surface area contributed by atoms with Crippen LogP contribution in [0.5, 0.6) is 0 Å². The van der Waals surface area contributed by atoms with E-state index in [1.54, 1.807) is 22.9 Å². The summed E-state index contributed by atoms with van der Waals surface area (Å²) in [6.45, 7) is 3.07. The topological polar surface area (TPSA) is 89.0 Å². The maximum absolute atomic E-state index is 10.9. The van der Waals surface area contributed by atoms with Gasteiger partial charge in [-0.3, -0.25) is 4.79 Å². The minimum absolute atomic E-state index is 0.216. The van der Waals surface area contributed by atoms with Crippen molar-refractivity contribution in [3.05, 3.63) is 0 Å². The van der Waals surface area contributed by atoms with Crippen molar-refractivity contribution in [1.82, 2.24) is 9.28 Å². The molecule has 0 saturated carbocycles. The molecule has 0 aromatic carbocycles. The summed E-state index contributed by atoms with van der Waals surface area (Å²) in [5.74, 6) is -0.800. The molecule has 8 heteroatoms. The van der Waals surface area contributed by atoms with E-state index in [-0.39, 0.29) is 18.8 Å². The van der Waals surface area contributed by atoms with Crippen molar-refractivity contribution in [3.63, 3.8) is 0 Å². The molecule has 0 spiro atoms. The summed E-state index contributed by atoms with van der Waals surface area (Å²) in [6.07, 6.45) is 1.59. The van der Waals surface area contributed by atoms with Crippen LogP contribution in [0.1, 0.15) is 25.7 Å². The van der Waals surface area contributed by atoms with E-state index < -0.39 is 5.97 Å². The highest BCUT2D eigenvalue weighted by molar-refractivity contribution is 14.1. The van der Waals surface area contributed by atoms with E-state index in [1.165, 1.54) is 0 Å². The average molecular weight is 329 g/mol. The summed E-state index contributed by atoms with van der Waals surface area (Å²) in [6, 6.07) is 0. The number of carbonyl (C=O) groups excluding carboxylic acids is 2. The van der Waals surface area contributed by atoms with Crippen LogP contribution >= 0.6 is 22.9 Å². The predicted octanol–water partition coefficient (Wildman–Crippen LogP) is 0.608. The fraction of sp³-hybridized carbons (Fsp3) is 0.571. The molecule has 0 aromatic rings. The van der Waals surface area contributed by atoms with Gasteiger partial charge in [0.05, 0.1) is 22.9 Å². The van der Waals surface area contributed by atoms with Gasteiger partial charge in [0.15, 0.2) is 0 Å². The molecular formula is C7H12IN3O4. The number of nitrogens with one attached hydrogen (secondary N) is 2. The zero-order valence-electron chi connectivity index (χ0n) is 7.99. The van der Waals surface area contributed by atoms with Gasteiger partial charge in [0.2, 0.25) is 0 Å². The monoisotopic (exact) mass is 329 g/mol. The molecule has 0 radical (unpaired) electrons. The van der Waals surface area contributed by atoms with Crippen molar-refractivity contribution in [2.75, 3.05) is 0 Å². The molecular weight excluding hydrogens is 317 g/mol. The first kappa shape index (κ1) is 14.1. The fourth-order valence-electron chi connectivity index (χ4n) is 0.767. The Morgan fingerprint density at radius 1 is 1.20 bits per heavy atom. The first-order valence-corrected chi connectivity index (χ1v) is 5.24. The lowest BCUT2D eigenvalue weighted by atomic mass is 10.2. The molecule has 0 aromatic heterocycles. The van der Waals surface area contributed by atoms with Crippen molar-refractivity contribution in [1.29, 1.82) is 0 Å². The number of hydrogen-bond donors (Lipinski definition) is 2. The number of halogens is 1. The third kappa shape index (κ3) is 9.41. The van der Waals surface area contributed by atoms with E-state index in [4.69, 9.17) is 0 Å². The quantitative estimate of drug-likeness (QED) is 0.223. The Labute approximate surface area is 101 Å². The largest absolute Gasteiger partial charge is 0.361 e. The van der Waals surface area contributed by atoms with Crippen LogP contribution < -0.4 is 9.28 Å². The first-order chi connectivity index (χ1) is 7.20. The highest BCUT2D eigenvalue weighted by atomic mass is 127. The minimum Gasteiger partial charge on any atom is -0.361 e. The van der Waals surface area contributed by atoms with Crippen LogP contribution in [-0.2, 0) is 19.3 Å². The molecule has 15 heavy (non-hydrogen) atoms. The van der Waals surface area contributed by atoms with Gasteiger partial charge >= 0.3 is 11.9 Å². The first-order valence-electron chi connectivity index (χ1n) is 4.16. The smallest absolute Gasteiger partial charge is 0.334 e. The van der Waals surface area contributed by atoms with E-state index in [0.717, 1.165) is 0 Å². The second kappa shape index (κ2) is 9.65. The Balaban J connectivity index is 3.33. The molecule has 0 aliphatic heterocycles. The average Bonchev–Trinajstić information content (AvgIpc) is 2.22. The van der Waals surface area contributed by atoms with Gasteiger partial charge in [-0.15, -0.1) is 5.59 Å². The SMILES string of the molecule is C=NNOC(=O)CCCCC(=O)ONI. The van der Waals surface area contributed by atoms with Gasteiger partial charge in [0, 0.05) is 19.6 Å². The van der Waals surface area contributed by atoms with E-state index in [1.807, 2.05) is 5.59 Å². The van der Waals surface area contributed by atoms with E-state index in [2.05, 4.69) is 25.2 Å². The highest BCUT2D eigenvalue weighted by Gasteiger charge is 2.05. The highest BCUT2D eigenvalue weighted by Crippen LogP contribution is 2.02. The zero-order valence-corrected chi connectivity index (χ0v) is 10.2. The Bertz CT molecular complexity index is 224. The molecule has 7 nitrogen and oxygen atoms in total. The molecule has 0 unspecified atom stereocenters. The molecule has 0 aliphatic rings. The van der Waals surface area contributed by atoms with Crippen molar-refractivity contribution in [2.45, 2.75) is 25.7 Å². The van der Waals surface area contributed by atoms with Gasteiger partial charge in [0.1, 0.15) is 0 Å². The molecule has 0 fully saturated rings. The summed E-state index contributed by atoms with van der Waals surface area (Å²) in [4.78, 5) is 30.5. The van der Waals surface area contributed by atoms with Crippen molar-refractivity contribution in [2.24, 2.45) is 5.10 Å². The Morgan fingerprint density at radius 3 is 2.20 bits per heavy atom. The van der Waals surface area contributed by atoms with Gasteiger partial charge in [-0.2, -0.15) is 5.10 Å².